The van der Waals surface area contributed by atoms with Gasteiger partial charge in [0.25, 0.3) is 5.91 Å². The maximum atomic E-state index is 12.5. The van der Waals surface area contributed by atoms with Crippen molar-refractivity contribution < 1.29 is 4.79 Å². The zero-order chi connectivity index (χ0) is 15.6. The van der Waals surface area contributed by atoms with E-state index in [4.69, 9.17) is 0 Å². The van der Waals surface area contributed by atoms with E-state index >= 15 is 0 Å². The van der Waals surface area contributed by atoms with Crippen LogP contribution in [0.15, 0.2) is 21.3 Å². The summed E-state index contributed by atoms with van der Waals surface area (Å²) < 4.78 is 5.17. The second-order valence-electron chi connectivity index (χ2n) is 4.62. The van der Waals surface area contributed by atoms with Gasteiger partial charge >= 0.3 is 0 Å². The van der Waals surface area contributed by atoms with Crippen LogP contribution >= 0.6 is 31.9 Å². The largest absolute Gasteiger partial charge is 0.334 e. The third-order valence-electron chi connectivity index (χ3n) is 3.09. The van der Waals surface area contributed by atoms with Crippen molar-refractivity contribution in [3.05, 3.63) is 32.7 Å². The van der Waals surface area contributed by atoms with E-state index in [1.807, 2.05) is 30.9 Å². The topological polar surface area (TPSA) is 56.0 Å². The number of aromatic nitrogens is 4. The van der Waals surface area contributed by atoms with Crippen LogP contribution in [0.4, 0.5) is 0 Å². The molecule has 114 valence electrons. The molecule has 0 unspecified atom stereocenters. The maximum absolute atomic E-state index is 12.5. The first kappa shape index (κ1) is 16.2. The Hall–Kier alpha value is -1.15. The second kappa shape index (κ2) is 6.74. The maximum Gasteiger partial charge on any atom is 0.275 e. The molecule has 0 atom stereocenters. The van der Waals surface area contributed by atoms with Crippen molar-refractivity contribution in [1.29, 1.82) is 0 Å². The molecule has 2 heterocycles. The minimum Gasteiger partial charge on any atom is -0.334 e. The lowest BCUT2D eigenvalue weighted by Gasteiger charge is -2.15. The molecular formula is C13H17Br2N5O. The first-order chi connectivity index (χ1) is 9.96. The van der Waals surface area contributed by atoms with Crippen LogP contribution in [0.1, 0.15) is 30.0 Å². The lowest BCUT2D eigenvalue weighted by atomic mass is 10.3. The summed E-state index contributed by atoms with van der Waals surface area (Å²) in [6.07, 6.45) is 3.72. The Morgan fingerprint density at radius 2 is 1.71 bits per heavy atom. The number of hydrogen-bond acceptors (Lipinski definition) is 3. The molecule has 2 aromatic rings. The summed E-state index contributed by atoms with van der Waals surface area (Å²) in [7, 11) is 1.75. The summed E-state index contributed by atoms with van der Waals surface area (Å²) in [6, 6.07) is 0. The van der Waals surface area contributed by atoms with Gasteiger partial charge in [0.1, 0.15) is 0 Å². The van der Waals surface area contributed by atoms with Crippen molar-refractivity contribution in [1.82, 2.24) is 24.5 Å². The zero-order valence-electron chi connectivity index (χ0n) is 12.2. The predicted molar refractivity (Wildman–Crippen MR) is 87.0 cm³/mol. The van der Waals surface area contributed by atoms with Crippen LogP contribution in [0.2, 0.25) is 0 Å². The van der Waals surface area contributed by atoms with Gasteiger partial charge in [-0.2, -0.15) is 10.2 Å². The number of amides is 1. The molecular weight excluding hydrogens is 402 g/mol. The summed E-state index contributed by atoms with van der Waals surface area (Å²) in [5, 5.41) is 8.70. The van der Waals surface area contributed by atoms with Crippen molar-refractivity contribution in [2.45, 2.75) is 33.5 Å². The van der Waals surface area contributed by atoms with E-state index in [-0.39, 0.29) is 5.91 Å². The molecule has 6 nitrogen and oxygen atoms in total. The van der Waals surface area contributed by atoms with Gasteiger partial charge in [-0.1, -0.05) is 0 Å². The molecule has 0 aliphatic carbocycles. The summed E-state index contributed by atoms with van der Waals surface area (Å²) in [5.74, 6) is -0.132. The van der Waals surface area contributed by atoms with Crippen LogP contribution in [-0.4, -0.2) is 37.4 Å². The normalized spacial score (nSPS) is 10.9. The Bertz CT molecular complexity index is 649. The Morgan fingerprint density at radius 1 is 1.14 bits per heavy atom. The van der Waals surface area contributed by atoms with Crippen LogP contribution in [0.3, 0.4) is 0 Å². The van der Waals surface area contributed by atoms with Crippen molar-refractivity contribution in [3.63, 3.8) is 0 Å². The lowest BCUT2D eigenvalue weighted by Crippen LogP contribution is -2.27. The minimum absolute atomic E-state index is 0.132. The fraction of sp³-hybridized carbons (Fsp3) is 0.462. The Morgan fingerprint density at radius 3 is 2.24 bits per heavy atom. The van der Waals surface area contributed by atoms with E-state index in [0.29, 0.717) is 16.7 Å². The highest BCUT2D eigenvalue weighted by atomic mass is 79.9. The third kappa shape index (κ3) is 3.55. The van der Waals surface area contributed by atoms with E-state index in [1.165, 1.54) is 0 Å². The smallest absolute Gasteiger partial charge is 0.275 e. The van der Waals surface area contributed by atoms with E-state index in [0.717, 1.165) is 23.3 Å². The minimum atomic E-state index is -0.132. The molecule has 0 spiro atoms. The van der Waals surface area contributed by atoms with Crippen molar-refractivity contribution >= 4 is 37.8 Å². The highest BCUT2D eigenvalue weighted by molar-refractivity contribution is 9.10. The number of carbonyl (C=O) groups excluding carboxylic acids is 1. The Kier molecular flexibility index (Phi) is 5.21. The highest BCUT2D eigenvalue weighted by Gasteiger charge is 2.20. The number of rotatable bonds is 5. The predicted octanol–water partition coefficient (Wildman–Crippen LogP) is 2.92. The van der Waals surface area contributed by atoms with Crippen molar-refractivity contribution in [3.8, 4) is 0 Å². The van der Waals surface area contributed by atoms with E-state index < -0.39 is 0 Å². The van der Waals surface area contributed by atoms with Crippen LogP contribution < -0.4 is 0 Å². The monoisotopic (exact) mass is 417 g/mol. The molecule has 21 heavy (non-hydrogen) atoms. The lowest BCUT2D eigenvalue weighted by molar-refractivity contribution is 0.0775. The summed E-state index contributed by atoms with van der Waals surface area (Å²) in [4.78, 5) is 14.1. The van der Waals surface area contributed by atoms with Crippen LogP contribution in [0.5, 0.6) is 0 Å². The number of hydrogen-bond donors (Lipinski definition) is 0. The molecule has 0 aliphatic heterocycles. The van der Waals surface area contributed by atoms with Gasteiger partial charge < -0.3 is 4.90 Å². The Balaban J connectivity index is 2.15. The number of aryl methyl sites for hydroxylation is 2. The average Bonchev–Trinajstić information content (AvgIpc) is 3.01. The third-order valence-corrected chi connectivity index (χ3v) is 4.33. The molecule has 0 fully saturated rings. The van der Waals surface area contributed by atoms with Crippen molar-refractivity contribution in [2.24, 2.45) is 0 Å². The highest BCUT2D eigenvalue weighted by Crippen LogP contribution is 2.20. The van der Waals surface area contributed by atoms with Gasteiger partial charge in [0, 0.05) is 32.5 Å². The molecule has 2 rings (SSSR count). The van der Waals surface area contributed by atoms with Gasteiger partial charge in [-0.3, -0.25) is 14.2 Å². The molecule has 8 heteroatoms. The number of nitrogens with zero attached hydrogens (tertiary/aromatic N) is 5. The molecule has 0 aliphatic rings. The van der Waals surface area contributed by atoms with Gasteiger partial charge in [0.2, 0.25) is 0 Å². The SMILES string of the molecule is CCn1cc(Br)c(CN(C)C(=O)c2nn(CC)cc2Br)n1. The van der Waals surface area contributed by atoms with Gasteiger partial charge in [-0.25, -0.2) is 0 Å². The van der Waals surface area contributed by atoms with Crippen LogP contribution in [0, 0.1) is 0 Å². The van der Waals surface area contributed by atoms with Gasteiger partial charge in [0.05, 0.1) is 21.2 Å². The van der Waals surface area contributed by atoms with E-state index in [2.05, 4.69) is 42.1 Å². The molecule has 2 aromatic heterocycles. The molecule has 0 saturated heterocycles. The second-order valence-corrected chi connectivity index (χ2v) is 6.33. The molecule has 0 bridgehead atoms. The standard InChI is InChI=1S/C13H17Br2N5O/c1-4-19-6-9(14)11(16-19)8-18(3)13(21)12-10(15)7-20(5-2)17-12/h6-7H,4-5,8H2,1-3H3. The fourth-order valence-corrected chi connectivity index (χ4v) is 2.81. The number of carbonyl (C=O) groups is 1. The summed E-state index contributed by atoms with van der Waals surface area (Å²) >= 11 is 6.85. The summed E-state index contributed by atoms with van der Waals surface area (Å²) in [6.45, 7) is 5.95. The van der Waals surface area contributed by atoms with Crippen LogP contribution in [0.25, 0.3) is 0 Å². The Labute approximate surface area is 140 Å². The van der Waals surface area contributed by atoms with Crippen LogP contribution in [-0.2, 0) is 19.6 Å². The van der Waals surface area contributed by atoms with E-state index in [9.17, 15) is 4.79 Å². The average molecular weight is 419 g/mol. The van der Waals surface area contributed by atoms with Gasteiger partial charge in [-0.05, 0) is 45.7 Å². The van der Waals surface area contributed by atoms with Gasteiger partial charge in [-0.15, -0.1) is 0 Å². The fourth-order valence-electron chi connectivity index (χ4n) is 1.89. The van der Waals surface area contributed by atoms with Crippen molar-refractivity contribution in [2.75, 3.05) is 7.05 Å². The molecule has 0 saturated carbocycles. The van der Waals surface area contributed by atoms with Gasteiger partial charge in [0.15, 0.2) is 5.69 Å². The molecule has 1 amide bonds. The zero-order valence-corrected chi connectivity index (χ0v) is 15.3. The summed E-state index contributed by atoms with van der Waals surface area (Å²) in [5.41, 5.74) is 1.25. The quantitative estimate of drug-likeness (QED) is 0.749. The van der Waals surface area contributed by atoms with E-state index in [1.54, 1.807) is 16.6 Å². The molecule has 0 aromatic carbocycles. The molecule has 0 N–H and O–H groups in total. The number of halogens is 2. The molecule has 0 radical (unpaired) electrons. The first-order valence-corrected chi connectivity index (χ1v) is 8.25. The first-order valence-electron chi connectivity index (χ1n) is 6.66.